The van der Waals surface area contributed by atoms with Gasteiger partial charge in [-0.15, -0.1) is 0 Å². The van der Waals surface area contributed by atoms with Crippen LogP contribution in [0.4, 0.5) is 23.2 Å². The summed E-state index contributed by atoms with van der Waals surface area (Å²) in [4.78, 5) is 27.9. The van der Waals surface area contributed by atoms with Gasteiger partial charge >= 0.3 is 11.9 Å². The fraction of sp³-hybridized carbons (Fsp3) is 0.519. The van der Waals surface area contributed by atoms with Crippen LogP contribution in [0.2, 0.25) is 36.3 Å². The van der Waals surface area contributed by atoms with E-state index in [9.17, 15) is 27.2 Å². The molecule has 0 unspecified atom stereocenters. The Balaban J connectivity index is 0.000000263. The van der Waals surface area contributed by atoms with Crippen molar-refractivity contribution in [2.45, 2.75) is 154 Å². The molecule has 0 saturated carbocycles. The zero-order chi connectivity index (χ0) is 51.1. The minimum Gasteiger partial charge on any atom is -0.459 e. The average molecular weight is 1060 g/mol. The molecule has 1 N–H and O–H groups in total. The first-order valence-electron chi connectivity index (χ1n) is 24.0. The number of alkyl halides is 4. The van der Waals surface area contributed by atoms with Gasteiger partial charge in [-0.2, -0.15) is 0 Å². The van der Waals surface area contributed by atoms with Gasteiger partial charge in [0.1, 0.15) is 25.4 Å². The highest BCUT2D eigenvalue weighted by atomic mass is 79.9. The molecule has 0 aromatic heterocycles. The number of rotatable bonds is 15. The first-order valence-corrected chi connectivity index (χ1v) is 30.6. The van der Waals surface area contributed by atoms with Crippen molar-refractivity contribution >= 4 is 50.2 Å². The maximum atomic E-state index is 13.5. The van der Waals surface area contributed by atoms with Gasteiger partial charge in [0.15, 0.2) is 16.6 Å². The average Bonchev–Trinajstić information content (AvgIpc) is 3.28. The van der Waals surface area contributed by atoms with Crippen LogP contribution in [0, 0.1) is 0 Å². The summed E-state index contributed by atoms with van der Waals surface area (Å²) in [5.74, 6) is -5.61. The summed E-state index contributed by atoms with van der Waals surface area (Å²) >= 11 is 3.45. The third-order valence-corrected chi connectivity index (χ3v) is 22.8. The molecule has 2 atom stereocenters. The summed E-state index contributed by atoms with van der Waals surface area (Å²) in [6.45, 7) is 23.6. The number of hydrogen-bond acceptors (Lipinski definition) is 8. The van der Waals surface area contributed by atoms with Crippen molar-refractivity contribution in [1.82, 2.24) is 5.32 Å². The van der Waals surface area contributed by atoms with Crippen molar-refractivity contribution in [3.8, 4) is 0 Å². The summed E-state index contributed by atoms with van der Waals surface area (Å²) in [7, 11) is -4.34. The number of halogens is 5. The Labute approximate surface area is 419 Å². The molecule has 0 bridgehead atoms. The van der Waals surface area contributed by atoms with Gasteiger partial charge in [0.2, 0.25) is 0 Å². The number of carbonyl (C=O) groups excluding carboxylic acids is 2. The van der Waals surface area contributed by atoms with Gasteiger partial charge in [0.05, 0.1) is 0 Å². The van der Waals surface area contributed by atoms with Gasteiger partial charge < -0.3 is 28.5 Å². The summed E-state index contributed by atoms with van der Waals surface area (Å²) in [6, 6.07) is 35.1. The first kappa shape index (κ1) is 57.7. The molecule has 0 aliphatic carbocycles. The van der Waals surface area contributed by atoms with Crippen LogP contribution in [0.5, 0.6) is 0 Å². The lowest BCUT2D eigenvalue weighted by atomic mass is 10.0. The van der Waals surface area contributed by atoms with Crippen molar-refractivity contribution in [2.24, 2.45) is 0 Å². The number of piperidine rings is 2. The van der Waals surface area contributed by atoms with Crippen molar-refractivity contribution in [3.05, 3.63) is 136 Å². The first-order chi connectivity index (χ1) is 32.2. The van der Waals surface area contributed by atoms with E-state index in [1.165, 1.54) is 0 Å². The molecule has 0 radical (unpaired) electrons. The maximum Gasteiger partial charge on any atom is 0.334 e. The number of anilines is 1. The second kappa shape index (κ2) is 25.5. The Hall–Kier alpha value is -3.87. The van der Waals surface area contributed by atoms with Crippen LogP contribution in [0.3, 0.4) is 0 Å². The van der Waals surface area contributed by atoms with Crippen LogP contribution < -0.4 is 10.2 Å². The molecule has 2 aliphatic heterocycles. The molecule has 0 spiro atoms. The Morgan fingerprint density at radius 3 is 1.29 bits per heavy atom. The molecule has 2 saturated heterocycles. The van der Waals surface area contributed by atoms with E-state index in [1.807, 2.05) is 114 Å². The molecule has 2 heterocycles. The minimum absolute atomic E-state index is 0.00694. The Morgan fingerprint density at radius 2 is 0.942 bits per heavy atom. The standard InChI is InChI=1S/C27H37F2NO3Si.C22H29BrO3Si.C5H9F2N/c1-26(2,3)34(4,5)33-24(25(31)32-20-22-9-7-6-8-10-22)19-21-11-13-23(14-12-21)30-17-15-27(28,29)16-18-30;1-22(2,3)27(4,5)26-20(15-17-11-13-19(23)14-12-17)21(24)25-16-18-9-7-6-8-10-18;6-5(7)1-3-8-4-2-5/h6-14,24H,15-20H2,1-5H3;6-14,20H,15-16H2,1-5H3;8H,1-4H2/t24-;20-;/m11./s1. The highest BCUT2D eigenvalue weighted by molar-refractivity contribution is 9.10. The molecule has 380 valence electrons. The van der Waals surface area contributed by atoms with Crippen LogP contribution in [-0.2, 0) is 54.0 Å². The smallest absolute Gasteiger partial charge is 0.334 e. The molecule has 6 rings (SSSR count). The molecular weight excluding hydrogens is 985 g/mol. The second-order valence-electron chi connectivity index (χ2n) is 21.1. The third kappa shape index (κ3) is 19.7. The lowest BCUT2D eigenvalue weighted by Gasteiger charge is -2.38. The predicted molar refractivity (Wildman–Crippen MR) is 278 cm³/mol. The summed E-state index contributed by atoms with van der Waals surface area (Å²) in [6.07, 6.45) is -0.624. The minimum atomic E-state index is -2.56. The Bertz CT molecular complexity index is 2150. The SMILES string of the molecule is CC(C)(C)[Si](C)(C)O[C@H](Cc1ccc(Br)cc1)C(=O)OCc1ccccc1.CC(C)(C)[Si](C)(C)O[C@H](Cc1ccc(N2CCC(F)(F)CC2)cc1)C(=O)OCc1ccccc1.FC1(F)CCNCC1. The normalized spacial score (nSPS) is 16.9. The van der Waals surface area contributed by atoms with Crippen LogP contribution in [-0.4, -0.2) is 78.8 Å². The second-order valence-corrected chi connectivity index (χ2v) is 31.5. The van der Waals surface area contributed by atoms with E-state index in [0.29, 0.717) is 39.0 Å². The van der Waals surface area contributed by atoms with Gasteiger partial charge in [0.25, 0.3) is 11.8 Å². The highest BCUT2D eigenvalue weighted by Gasteiger charge is 2.43. The van der Waals surface area contributed by atoms with Gasteiger partial charge in [-0.1, -0.05) is 142 Å². The molecule has 0 amide bonds. The third-order valence-electron chi connectivity index (χ3n) is 13.3. The predicted octanol–water partition coefficient (Wildman–Crippen LogP) is 13.7. The molecule has 2 fully saturated rings. The molecular formula is C54H75BrF4N2O6Si2. The van der Waals surface area contributed by atoms with E-state index in [2.05, 4.69) is 89.0 Å². The van der Waals surface area contributed by atoms with Crippen molar-refractivity contribution in [3.63, 3.8) is 0 Å². The molecule has 69 heavy (non-hydrogen) atoms. The Morgan fingerprint density at radius 1 is 0.580 bits per heavy atom. The largest absolute Gasteiger partial charge is 0.459 e. The fourth-order valence-corrected chi connectivity index (χ4v) is 9.58. The zero-order valence-electron chi connectivity index (χ0n) is 42.3. The van der Waals surface area contributed by atoms with Gasteiger partial charge in [-0.3, -0.25) is 0 Å². The van der Waals surface area contributed by atoms with Crippen LogP contribution in [0.25, 0.3) is 0 Å². The van der Waals surface area contributed by atoms with Gasteiger partial charge in [-0.05, 0) is 82.8 Å². The van der Waals surface area contributed by atoms with E-state index >= 15 is 0 Å². The van der Waals surface area contributed by atoms with E-state index < -0.39 is 40.7 Å². The van der Waals surface area contributed by atoms with Crippen molar-refractivity contribution in [2.75, 3.05) is 31.1 Å². The van der Waals surface area contributed by atoms with Gasteiger partial charge in [-0.25, -0.2) is 27.2 Å². The van der Waals surface area contributed by atoms with Crippen molar-refractivity contribution < 1.29 is 45.5 Å². The molecule has 15 heteroatoms. The lowest BCUT2D eigenvalue weighted by molar-refractivity contribution is -0.154. The van der Waals surface area contributed by atoms with E-state index in [1.54, 1.807) is 0 Å². The summed E-state index contributed by atoms with van der Waals surface area (Å²) in [5, 5.41) is 2.83. The van der Waals surface area contributed by atoms with E-state index in [0.717, 1.165) is 32.4 Å². The van der Waals surface area contributed by atoms with Gasteiger partial charge in [0, 0.05) is 74.9 Å². The number of ether oxygens (including phenoxy) is 2. The quantitative estimate of drug-likeness (QED) is 0.0716. The Kier molecular flexibility index (Phi) is 21.3. The topological polar surface area (TPSA) is 86.3 Å². The number of esters is 2. The summed E-state index contributed by atoms with van der Waals surface area (Å²) in [5.41, 5.74) is 4.83. The lowest BCUT2D eigenvalue weighted by Crippen LogP contribution is -2.47. The van der Waals surface area contributed by atoms with Crippen LogP contribution >= 0.6 is 15.9 Å². The number of carbonyl (C=O) groups is 2. The monoisotopic (exact) mass is 1060 g/mol. The number of nitrogens with one attached hydrogen (secondary N) is 1. The number of benzene rings is 4. The number of hydrogen-bond donors (Lipinski definition) is 1. The maximum absolute atomic E-state index is 13.5. The zero-order valence-corrected chi connectivity index (χ0v) is 45.9. The van der Waals surface area contributed by atoms with E-state index in [4.69, 9.17) is 18.3 Å². The summed E-state index contributed by atoms with van der Waals surface area (Å²) < 4.78 is 76.5. The highest BCUT2D eigenvalue weighted by Crippen LogP contribution is 2.39. The van der Waals surface area contributed by atoms with Crippen LogP contribution in [0.15, 0.2) is 114 Å². The molecule has 4 aromatic rings. The fourth-order valence-electron chi connectivity index (χ4n) is 6.83. The molecule has 8 nitrogen and oxygen atoms in total. The number of nitrogens with zero attached hydrogens (tertiary/aromatic N) is 1. The van der Waals surface area contributed by atoms with E-state index in [-0.39, 0.29) is 60.9 Å². The molecule has 2 aliphatic rings. The molecule has 4 aromatic carbocycles. The van der Waals surface area contributed by atoms with Crippen molar-refractivity contribution in [1.29, 1.82) is 0 Å². The van der Waals surface area contributed by atoms with Crippen LogP contribution in [0.1, 0.15) is 89.5 Å².